The zero-order valence-corrected chi connectivity index (χ0v) is 33.1. The van der Waals surface area contributed by atoms with E-state index in [1.54, 1.807) is 20.8 Å². The first-order valence-electron chi connectivity index (χ1n) is 17.8. The highest BCUT2D eigenvalue weighted by atomic mass is 35.5. The number of esters is 3. The molecule has 0 radical (unpaired) electrons. The van der Waals surface area contributed by atoms with Gasteiger partial charge >= 0.3 is 24.5 Å². The molecule has 0 spiro atoms. The van der Waals surface area contributed by atoms with E-state index in [-0.39, 0.29) is 63.9 Å². The molecule has 0 amide bonds. The second-order valence-electron chi connectivity index (χ2n) is 14.3. The Morgan fingerprint density at radius 3 is 2.16 bits per heavy atom. The Morgan fingerprint density at radius 1 is 0.929 bits per heavy atom. The smallest absolute Gasteiger partial charge is 0.387 e. The Morgan fingerprint density at radius 2 is 1.57 bits per heavy atom. The van der Waals surface area contributed by atoms with Gasteiger partial charge in [0.1, 0.15) is 30.6 Å². The molecule has 1 unspecified atom stereocenters. The first kappa shape index (κ1) is 42.9. The molecule has 56 heavy (non-hydrogen) atoms. The minimum absolute atomic E-state index is 0.00788. The van der Waals surface area contributed by atoms with E-state index < -0.39 is 60.6 Å². The molecule has 0 bridgehead atoms. The van der Waals surface area contributed by atoms with E-state index in [0.717, 1.165) is 30.0 Å². The van der Waals surface area contributed by atoms with Gasteiger partial charge in [0.15, 0.2) is 11.5 Å². The molecule has 2 fully saturated rings. The topological polar surface area (TPSA) is 163 Å². The van der Waals surface area contributed by atoms with E-state index in [0.29, 0.717) is 23.7 Å². The molecule has 1 heterocycles. The fourth-order valence-corrected chi connectivity index (χ4v) is 6.30. The lowest BCUT2D eigenvalue weighted by Crippen LogP contribution is -2.36. The van der Waals surface area contributed by atoms with Crippen molar-refractivity contribution in [1.29, 1.82) is 0 Å². The summed E-state index contributed by atoms with van der Waals surface area (Å²) in [7, 11) is 0. The van der Waals surface area contributed by atoms with E-state index in [9.17, 15) is 31.9 Å². The summed E-state index contributed by atoms with van der Waals surface area (Å²) in [5.41, 5.74) is -0.0699. The molecule has 2 aromatic carbocycles. The van der Waals surface area contributed by atoms with E-state index in [2.05, 4.69) is 9.72 Å². The number of alkyl halides is 2. The van der Waals surface area contributed by atoms with Crippen LogP contribution in [0.25, 0.3) is 0 Å². The lowest BCUT2D eigenvalue weighted by molar-refractivity contribution is -0.153. The summed E-state index contributed by atoms with van der Waals surface area (Å²) in [6.45, 7) is 1.36. The average molecular weight is 843 g/mol. The largest absolute Gasteiger partial charge is 0.755 e. The number of pyridine rings is 1. The number of hydrogen-bond acceptors (Lipinski definition) is 12. The number of rotatable bonds is 20. The van der Waals surface area contributed by atoms with Gasteiger partial charge in [-0.15, -0.1) is 0 Å². The summed E-state index contributed by atoms with van der Waals surface area (Å²) < 4.78 is 84.5. The molecule has 304 valence electrons. The number of aromatic nitrogens is 1. The Hall–Kier alpha value is -4.25. The van der Waals surface area contributed by atoms with Crippen molar-refractivity contribution in [3.05, 3.63) is 75.5 Å². The summed E-state index contributed by atoms with van der Waals surface area (Å²) in [4.78, 5) is 42.8. The molecule has 2 saturated carbocycles. The second-order valence-corrected chi connectivity index (χ2v) is 16.0. The number of carbonyl (C=O) groups is 3. The van der Waals surface area contributed by atoms with Crippen LogP contribution in [-0.4, -0.2) is 70.2 Å². The first-order chi connectivity index (χ1) is 26.6. The lowest BCUT2D eigenvalue weighted by Gasteiger charge is -2.29. The van der Waals surface area contributed by atoms with E-state index in [4.69, 9.17) is 46.9 Å². The summed E-state index contributed by atoms with van der Waals surface area (Å²) in [6.07, 6.45) is 5.04. The number of nitrogens with zero attached hydrogens (tertiary/aromatic N) is 2. The highest BCUT2D eigenvalue weighted by Gasteiger charge is 2.28. The minimum atomic E-state index is -3.10. The van der Waals surface area contributed by atoms with Crippen LogP contribution in [0.5, 0.6) is 17.2 Å². The summed E-state index contributed by atoms with van der Waals surface area (Å²) in [5.74, 6) is -1.98. The van der Waals surface area contributed by atoms with Gasteiger partial charge in [-0.3, -0.25) is 23.1 Å². The maximum atomic E-state index is 13.2. The number of halogens is 4. The maximum Gasteiger partial charge on any atom is 0.387 e. The molecule has 3 aromatic rings. The molecule has 2 aliphatic rings. The summed E-state index contributed by atoms with van der Waals surface area (Å²) in [6, 6.07) is 8.11. The van der Waals surface area contributed by atoms with Crippen LogP contribution in [0.1, 0.15) is 80.5 Å². The van der Waals surface area contributed by atoms with Crippen LogP contribution in [0.2, 0.25) is 10.0 Å². The third-order valence-corrected chi connectivity index (χ3v) is 9.73. The van der Waals surface area contributed by atoms with E-state index in [1.807, 2.05) is 0 Å². The van der Waals surface area contributed by atoms with Crippen molar-refractivity contribution < 1.29 is 60.3 Å². The number of hydrogen-bond donors (Lipinski definition) is 0. The number of ether oxygens (including phenoxy) is 6. The molecule has 2 atom stereocenters. The fraction of sp³-hybridized carbons (Fsp3) is 0.474. The van der Waals surface area contributed by atoms with Crippen molar-refractivity contribution in [2.75, 3.05) is 30.7 Å². The monoisotopic (exact) mass is 841 g/mol. The van der Waals surface area contributed by atoms with Gasteiger partial charge in [-0.25, -0.2) is 4.79 Å². The highest BCUT2D eigenvalue weighted by molar-refractivity contribution is 7.80. The molecule has 13 nitrogen and oxygen atoms in total. The van der Waals surface area contributed by atoms with Crippen molar-refractivity contribution in [1.82, 2.24) is 4.98 Å². The van der Waals surface area contributed by atoms with Gasteiger partial charge in [-0.05, 0) is 99.7 Å². The molecule has 18 heteroatoms. The van der Waals surface area contributed by atoms with Crippen LogP contribution in [0.3, 0.4) is 0 Å². The Labute approximate surface area is 335 Å². The maximum absolute atomic E-state index is 13.2. The number of benzene rings is 2. The average Bonchev–Trinajstić information content (AvgIpc) is 4.06. The minimum Gasteiger partial charge on any atom is -0.755 e. The molecule has 2 aliphatic carbocycles. The van der Waals surface area contributed by atoms with Crippen molar-refractivity contribution in [2.45, 2.75) is 77.6 Å². The summed E-state index contributed by atoms with van der Waals surface area (Å²) in [5, 5.41) is 0.410. The van der Waals surface area contributed by atoms with Crippen LogP contribution in [0.15, 0.2) is 48.8 Å². The van der Waals surface area contributed by atoms with Gasteiger partial charge in [-0.1, -0.05) is 29.3 Å². The van der Waals surface area contributed by atoms with Crippen LogP contribution < -0.4 is 18.5 Å². The Kier molecular flexibility index (Phi) is 14.8. The van der Waals surface area contributed by atoms with Gasteiger partial charge in [0.2, 0.25) is 0 Å². The zero-order valence-electron chi connectivity index (χ0n) is 30.8. The van der Waals surface area contributed by atoms with Gasteiger partial charge in [-0.2, -0.15) is 8.78 Å². The molecule has 0 aliphatic heterocycles. The van der Waals surface area contributed by atoms with E-state index >= 15 is 0 Å². The SMILES string of the molecule is CC(C)(C)OC(=O)CN(c1ccc(C(=O)OCCC(=O)O[C@@H](Cc2c(Cl)cncc2Cl)c2ccc(OC(F)F)c(OCC3CC3)c2)cc1OCC1CC1)S(=O)[O-]. The van der Waals surface area contributed by atoms with Crippen molar-refractivity contribution in [3.63, 3.8) is 0 Å². The Balaban J connectivity index is 1.28. The van der Waals surface area contributed by atoms with E-state index in [1.165, 1.54) is 48.8 Å². The molecule has 5 rings (SSSR count). The van der Waals surface area contributed by atoms with Gasteiger partial charge in [0.25, 0.3) is 0 Å². The fourth-order valence-electron chi connectivity index (χ4n) is 5.26. The van der Waals surface area contributed by atoms with Crippen molar-refractivity contribution in [2.24, 2.45) is 11.8 Å². The normalized spacial score (nSPS) is 15.1. The Bertz CT molecular complexity index is 1890. The predicted octanol–water partition coefficient (Wildman–Crippen LogP) is 7.58. The van der Waals surface area contributed by atoms with Crippen LogP contribution >= 0.6 is 23.2 Å². The lowest BCUT2D eigenvalue weighted by atomic mass is 10.0. The van der Waals surface area contributed by atoms with Crippen LogP contribution in [-0.2, 0) is 41.5 Å². The van der Waals surface area contributed by atoms with Gasteiger partial charge in [0, 0.05) is 30.1 Å². The standard InChI is InChI=1S/C38H42Cl2F2N2O11S/c1-38(2,3)55-35(46)19-44(56(48)49)29-10-8-25(15-32(29)51-20-22-4-5-22)36(47)50-13-12-34(45)53-31(16-26-27(39)17-43-18-28(26)40)24-9-11-30(54-37(41)42)33(14-24)52-21-23-6-7-23/h8-11,14-15,17-18,22-23,31,37H,4-7,12-13,16,19-21H2,1-3H3,(H,48,49)/p-1/t31-/m0/s1. The second kappa shape index (κ2) is 19.3. The van der Waals surface area contributed by atoms with Crippen molar-refractivity contribution >= 4 is 58.1 Å². The van der Waals surface area contributed by atoms with Gasteiger partial charge < -0.3 is 33.0 Å². The highest BCUT2D eigenvalue weighted by Crippen LogP contribution is 2.39. The molecule has 0 N–H and O–H groups in total. The van der Waals surface area contributed by atoms with Gasteiger partial charge in [0.05, 0.1) is 40.9 Å². The molecule has 1 aromatic heterocycles. The summed E-state index contributed by atoms with van der Waals surface area (Å²) >= 11 is 9.85. The van der Waals surface area contributed by atoms with Crippen molar-refractivity contribution in [3.8, 4) is 17.2 Å². The molecular formula is C38H41Cl2F2N2O11S-. The molecule has 0 saturated heterocycles. The van der Waals surface area contributed by atoms with Crippen LogP contribution in [0.4, 0.5) is 14.5 Å². The quantitative estimate of drug-likeness (QED) is 0.0624. The van der Waals surface area contributed by atoms with Crippen LogP contribution in [0, 0.1) is 11.8 Å². The predicted molar refractivity (Wildman–Crippen MR) is 200 cm³/mol. The third kappa shape index (κ3) is 13.2. The first-order valence-corrected chi connectivity index (χ1v) is 19.6. The number of carbonyl (C=O) groups excluding carboxylic acids is 3. The third-order valence-electron chi connectivity index (χ3n) is 8.39. The number of anilines is 1. The molecular weight excluding hydrogens is 801 g/mol. The zero-order chi connectivity index (χ0) is 40.6.